The van der Waals surface area contributed by atoms with Crippen molar-refractivity contribution in [1.82, 2.24) is 9.80 Å². The minimum Gasteiger partial charge on any atom is -0.480 e. The Hall–Kier alpha value is -1.63. The quantitative estimate of drug-likeness (QED) is 0.698. The number of amides is 2. The van der Waals surface area contributed by atoms with E-state index in [0.29, 0.717) is 19.5 Å². The number of aliphatic hydroxyl groups is 1. The lowest BCUT2D eigenvalue weighted by molar-refractivity contribution is -0.151. The molecule has 2 amide bonds. The van der Waals surface area contributed by atoms with E-state index in [4.69, 9.17) is 5.11 Å². The Morgan fingerprint density at radius 1 is 1.20 bits per heavy atom. The van der Waals surface area contributed by atoms with Gasteiger partial charge in [0.2, 0.25) is 11.8 Å². The van der Waals surface area contributed by atoms with Crippen LogP contribution >= 0.6 is 0 Å². The molecule has 2 aliphatic heterocycles. The van der Waals surface area contributed by atoms with Crippen molar-refractivity contribution in [2.75, 3.05) is 19.6 Å². The summed E-state index contributed by atoms with van der Waals surface area (Å²) in [6.45, 7) is 2.51. The monoisotopic (exact) mass is 284 g/mol. The van der Waals surface area contributed by atoms with E-state index in [-0.39, 0.29) is 30.7 Å². The molecule has 3 atom stereocenters. The van der Waals surface area contributed by atoms with Gasteiger partial charge >= 0.3 is 5.97 Å². The zero-order valence-electron chi connectivity index (χ0n) is 11.5. The number of likely N-dealkylation sites (tertiary alicyclic amines) is 2. The van der Waals surface area contributed by atoms with Crippen molar-refractivity contribution in [3.05, 3.63) is 0 Å². The van der Waals surface area contributed by atoms with Gasteiger partial charge in [-0.3, -0.25) is 9.59 Å². The predicted octanol–water partition coefficient (Wildman–Crippen LogP) is -0.709. The van der Waals surface area contributed by atoms with Crippen LogP contribution in [0.1, 0.15) is 26.2 Å². The summed E-state index contributed by atoms with van der Waals surface area (Å²) in [5.74, 6) is -1.78. The highest BCUT2D eigenvalue weighted by Gasteiger charge is 2.42. The summed E-state index contributed by atoms with van der Waals surface area (Å²) in [5.41, 5.74) is 0. The maximum atomic E-state index is 12.4. The fourth-order valence-electron chi connectivity index (χ4n) is 2.99. The molecule has 7 heteroatoms. The molecule has 7 nitrogen and oxygen atoms in total. The Balaban J connectivity index is 2.06. The molecule has 0 radical (unpaired) electrons. The van der Waals surface area contributed by atoms with E-state index in [1.165, 1.54) is 11.8 Å². The first-order valence-electron chi connectivity index (χ1n) is 6.87. The average Bonchev–Trinajstić information content (AvgIpc) is 2.80. The van der Waals surface area contributed by atoms with Gasteiger partial charge in [-0.15, -0.1) is 0 Å². The molecule has 0 aromatic heterocycles. The number of aliphatic carboxylic acids is 1. The van der Waals surface area contributed by atoms with Crippen LogP contribution in [-0.2, 0) is 14.4 Å². The number of aliphatic hydroxyl groups excluding tert-OH is 1. The smallest absolute Gasteiger partial charge is 0.326 e. The Kier molecular flexibility index (Phi) is 4.27. The van der Waals surface area contributed by atoms with Crippen molar-refractivity contribution in [2.24, 2.45) is 5.92 Å². The summed E-state index contributed by atoms with van der Waals surface area (Å²) in [5, 5.41) is 18.7. The zero-order chi connectivity index (χ0) is 14.9. The Labute approximate surface area is 117 Å². The predicted molar refractivity (Wildman–Crippen MR) is 68.7 cm³/mol. The number of carbonyl (C=O) groups is 3. The van der Waals surface area contributed by atoms with Crippen molar-refractivity contribution >= 4 is 17.8 Å². The third-order valence-corrected chi connectivity index (χ3v) is 4.06. The zero-order valence-corrected chi connectivity index (χ0v) is 11.5. The van der Waals surface area contributed by atoms with E-state index < -0.39 is 18.1 Å². The molecule has 0 saturated carbocycles. The first kappa shape index (κ1) is 14.8. The molecule has 0 aliphatic carbocycles. The fourth-order valence-corrected chi connectivity index (χ4v) is 2.99. The minimum atomic E-state index is -1.09. The summed E-state index contributed by atoms with van der Waals surface area (Å²) in [6, 6.07) is -0.954. The third-order valence-electron chi connectivity index (χ3n) is 4.06. The van der Waals surface area contributed by atoms with E-state index in [0.717, 1.165) is 6.42 Å². The van der Waals surface area contributed by atoms with Gasteiger partial charge in [-0.1, -0.05) is 0 Å². The lowest BCUT2D eigenvalue weighted by Crippen LogP contribution is -2.49. The highest BCUT2D eigenvalue weighted by Crippen LogP contribution is 2.25. The lowest BCUT2D eigenvalue weighted by Gasteiger charge is -2.34. The molecule has 2 saturated heterocycles. The number of carboxylic acids is 1. The highest BCUT2D eigenvalue weighted by molar-refractivity contribution is 5.86. The molecular weight excluding hydrogens is 264 g/mol. The Morgan fingerprint density at radius 3 is 2.50 bits per heavy atom. The number of β-amino-alcohol motifs (C(OH)–C–C–N with tert-alkyl or cyclic N) is 1. The van der Waals surface area contributed by atoms with Gasteiger partial charge in [-0.2, -0.15) is 0 Å². The number of piperidine rings is 1. The van der Waals surface area contributed by atoms with Crippen LogP contribution in [0, 0.1) is 5.92 Å². The molecule has 2 aliphatic rings. The van der Waals surface area contributed by atoms with E-state index in [1.54, 1.807) is 4.90 Å². The second-order valence-corrected chi connectivity index (χ2v) is 5.54. The van der Waals surface area contributed by atoms with Gasteiger partial charge in [0.05, 0.1) is 12.0 Å². The van der Waals surface area contributed by atoms with Gasteiger partial charge < -0.3 is 20.0 Å². The molecule has 1 unspecified atom stereocenters. The maximum Gasteiger partial charge on any atom is 0.326 e. The van der Waals surface area contributed by atoms with Crippen molar-refractivity contribution < 1.29 is 24.6 Å². The summed E-state index contributed by atoms with van der Waals surface area (Å²) < 4.78 is 0. The number of carboxylic acid groups (broad SMARTS) is 1. The second kappa shape index (κ2) is 5.78. The summed E-state index contributed by atoms with van der Waals surface area (Å²) in [4.78, 5) is 37.8. The lowest BCUT2D eigenvalue weighted by atomic mass is 9.96. The number of nitrogens with zero attached hydrogens (tertiary/aromatic N) is 2. The van der Waals surface area contributed by atoms with Crippen LogP contribution in [0.15, 0.2) is 0 Å². The first-order valence-corrected chi connectivity index (χ1v) is 6.87. The van der Waals surface area contributed by atoms with Crippen LogP contribution in [0.5, 0.6) is 0 Å². The second-order valence-electron chi connectivity index (χ2n) is 5.54. The molecule has 20 heavy (non-hydrogen) atoms. The van der Waals surface area contributed by atoms with Gasteiger partial charge in [-0.25, -0.2) is 4.79 Å². The standard InChI is InChI=1S/C13H20N2O5/c1-8(16)14-4-2-3-9(6-14)12(18)15-7-10(17)5-11(15)13(19)20/h9-11,17H,2-7H2,1H3,(H,19,20)/t9?,10-,11-/m0/s1. The summed E-state index contributed by atoms with van der Waals surface area (Å²) in [7, 11) is 0. The van der Waals surface area contributed by atoms with E-state index >= 15 is 0 Å². The topological polar surface area (TPSA) is 98.2 Å². The highest BCUT2D eigenvalue weighted by atomic mass is 16.4. The minimum absolute atomic E-state index is 0.0619. The van der Waals surface area contributed by atoms with Crippen LogP contribution in [-0.4, -0.2) is 69.6 Å². The van der Waals surface area contributed by atoms with Crippen molar-refractivity contribution in [3.63, 3.8) is 0 Å². The van der Waals surface area contributed by atoms with Gasteiger partial charge in [0.15, 0.2) is 0 Å². The molecule has 0 spiro atoms. The fraction of sp³-hybridized carbons (Fsp3) is 0.769. The Morgan fingerprint density at radius 2 is 1.90 bits per heavy atom. The van der Waals surface area contributed by atoms with Crippen molar-refractivity contribution in [3.8, 4) is 0 Å². The van der Waals surface area contributed by atoms with Gasteiger partial charge in [-0.05, 0) is 12.8 Å². The van der Waals surface area contributed by atoms with Gasteiger partial charge in [0.25, 0.3) is 0 Å². The van der Waals surface area contributed by atoms with Gasteiger partial charge in [0, 0.05) is 33.0 Å². The molecule has 0 aromatic rings. The number of hydrogen-bond donors (Lipinski definition) is 2. The summed E-state index contributed by atoms with van der Waals surface area (Å²) >= 11 is 0. The van der Waals surface area contributed by atoms with Crippen LogP contribution in [0.25, 0.3) is 0 Å². The van der Waals surface area contributed by atoms with E-state index in [2.05, 4.69) is 0 Å². The van der Waals surface area contributed by atoms with Crippen molar-refractivity contribution in [1.29, 1.82) is 0 Å². The SMILES string of the molecule is CC(=O)N1CCCC(C(=O)N2C[C@@H](O)C[C@H]2C(=O)O)C1. The van der Waals surface area contributed by atoms with Crippen molar-refractivity contribution in [2.45, 2.75) is 38.3 Å². The molecule has 2 heterocycles. The molecule has 112 valence electrons. The number of hydrogen-bond acceptors (Lipinski definition) is 4. The first-order chi connectivity index (χ1) is 9.40. The largest absolute Gasteiger partial charge is 0.480 e. The molecule has 0 bridgehead atoms. The van der Waals surface area contributed by atoms with Crippen LogP contribution in [0.2, 0.25) is 0 Å². The molecule has 2 fully saturated rings. The van der Waals surface area contributed by atoms with Crippen LogP contribution < -0.4 is 0 Å². The normalized spacial score (nSPS) is 30.4. The molecular formula is C13H20N2O5. The number of rotatable bonds is 2. The van der Waals surface area contributed by atoms with E-state index in [1.807, 2.05) is 0 Å². The molecule has 2 N–H and O–H groups in total. The number of carbonyl (C=O) groups excluding carboxylic acids is 2. The average molecular weight is 284 g/mol. The molecule has 2 rings (SSSR count). The van der Waals surface area contributed by atoms with Crippen LogP contribution in [0.4, 0.5) is 0 Å². The third kappa shape index (κ3) is 2.92. The molecule has 0 aromatic carbocycles. The Bertz CT molecular complexity index is 425. The summed E-state index contributed by atoms with van der Waals surface area (Å²) in [6.07, 6.45) is 0.683. The maximum absolute atomic E-state index is 12.4. The van der Waals surface area contributed by atoms with Gasteiger partial charge in [0.1, 0.15) is 6.04 Å². The van der Waals surface area contributed by atoms with E-state index in [9.17, 15) is 19.5 Å². The van der Waals surface area contributed by atoms with Crippen LogP contribution in [0.3, 0.4) is 0 Å².